The SMILES string of the molecule is Cc1cc(C)c2sc(N(Cc3cccnc3)C(=O)Cn3cncn3)nc2c1. The highest BCUT2D eigenvalue weighted by atomic mass is 32.1. The molecule has 0 aliphatic heterocycles. The molecule has 1 amide bonds. The molecular formula is C19H18N6OS. The van der Waals surface area contributed by atoms with Gasteiger partial charge in [-0.05, 0) is 42.7 Å². The van der Waals surface area contributed by atoms with Crippen molar-refractivity contribution in [2.45, 2.75) is 26.9 Å². The monoisotopic (exact) mass is 378 g/mol. The zero-order valence-electron chi connectivity index (χ0n) is 15.0. The molecule has 0 bridgehead atoms. The summed E-state index contributed by atoms with van der Waals surface area (Å²) >= 11 is 1.53. The second-order valence-electron chi connectivity index (χ2n) is 6.36. The maximum Gasteiger partial charge on any atom is 0.250 e. The summed E-state index contributed by atoms with van der Waals surface area (Å²) in [5, 5.41) is 4.71. The fourth-order valence-corrected chi connectivity index (χ4v) is 3.99. The molecule has 0 atom stereocenters. The molecule has 27 heavy (non-hydrogen) atoms. The Morgan fingerprint density at radius 3 is 2.89 bits per heavy atom. The Morgan fingerprint density at radius 2 is 2.15 bits per heavy atom. The Kier molecular flexibility index (Phi) is 4.64. The number of carbonyl (C=O) groups excluding carboxylic acids is 1. The van der Waals surface area contributed by atoms with Gasteiger partial charge in [-0.2, -0.15) is 5.10 Å². The average Bonchev–Trinajstić information content (AvgIpc) is 3.30. The van der Waals surface area contributed by atoms with E-state index in [9.17, 15) is 4.79 Å². The topological polar surface area (TPSA) is 76.8 Å². The third-order valence-electron chi connectivity index (χ3n) is 4.17. The number of thiazole rings is 1. The van der Waals surface area contributed by atoms with E-state index in [2.05, 4.69) is 35.0 Å². The number of aromatic nitrogens is 5. The van der Waals surface area contributed by atoms with E-state index in [0.717, 1.165) is 21.3 Å². The van der Waals surface area contributed by atoms with Gasteiger partial charge in [0, 0.05) is 12.4 Å². The average molecular weight is 378 g/mol. The number of hydrogen-bond donors (Lipinski definition) is 0. The van der Waals surface area contributed by atoms with Crippen LogP contribution in [0.25, 0.3) is 10.2 Å². The molecule has 0 saturated heterocycles. The van der Waals surface area contributed by atoms with Gasteiger partial charge in [0.15, 0.2) is 5.13 Å². The Labute approximate surface area is 160 Å². The summed E-state index contributed by atoms with van der Waals surface area (Å²) in [7, 11) is 0. The first-order valence-electron chi connectivity index (χ1n) is 8.49. The van der Waals surface area contributed by atoms with Crippen molar-refractivity contribution in [3.8, 4) is 0 Å². The Bertz CT molecular complexity index is 1070. The number of anilines is 1. The Balaban J connectivity index is 1.72. The van der Waals surface area contributed by atoms with E-state index in [4.69, 9.17) is 4.98 Å². The minimum Gasteiger partial charge on any atom is -0.282 e. The van der Waals surface area contributed by atoms with Crippen molar-refractivity contribution < 1.29 is 4.79 Å². The summed E-state index contributed by atoms with van der Waals surface area (Å²) in [5.41, 5.74) is 4.18. The fourth-order valence-electron chi connectivity index (χ4n) is 2.96. The fraction of sp³-hybridized carbons (Fsp3) is 0.211. The molecule has 0 spiro atoms. The predicted octanol–water partition coefficient (Wildman–Crippen LogP) is 3.13. The summed E-state index contributed by atoms with van der Waals surface area (Å²) < 4.78 is 2.61. The predicted molar refractivity (Wildman–Crippen MR) is 105 cm³/mol. The number of pyridine rings is 1. The van der Waals surface area contributed by atoms with E-state index in [1.165, 1.54) is 34.2 Å². The first-order chi connectivity index (χ1) is 13.1. The smallest absolute Gasteiger partial charge is 0.250 e. The Morgan fingerprint density at radius 1 is 1.26 bits per heavy atom. The molecule has 7 nitrogen and oxygen atoms in total. The van der Waals surface area contributed by atoms with Crippen LogP contribution in [-0.2, 0) is 17.9 Å². The number of hydrogen-bond acceptors (Lipinski definition) is 6. The summed E-state index contributed by atoms with van der Waals surface area (Å²) in [6.07, 6.45) is 6.43. The van der Waals surface area contributed by atoms with Crippen LogP contribution in [0.4, 0.5) is 5.13 Å². The number of aryl methyl sites for hydroxylation is 2. The lowest BCUT2D eigenvalue weighted by Gasteiger charge is -2.19. The van der Waals surface area contributed by atoms with Crippen molar-refractivity contribution in [1.29, 1.82) is 0 Å². The van der Waals surface area contributed by atoms with Gasteiger partial charge in [-0.15, -0.1) is 0 Å². The molecule has 0 aliphatic carbocycles. The summed E-state index contributed by atoms with van der Waals surface area (Å²) in [4.78, 5) is 27.5. The minimum absolute atomic E-state index is 0.0993. The molecule has 136 valence electrons. The number of rotatable bonds is 5. The van der Waals surface area contributed by atoms with Crippen molar-refractivity contribution in [3.05, 3.63) is 66.0 Å². The number of nitrogens with zero attached hydrogens (tertiary/aromatic N) is 6. The highest BCUT2D eigenvalue weighted by Gasteiger charge is 2.21. The third-order valence-corrected chi connectivity index (χ3v) is 5.40. The van der Waals surface area contributed by atoms with E-state index in [1.54, 1.807) is 17.3 Å². The molecule has 0 radical (unpaired) electrons. The molecule has 3 heterocycles. The van der Waals surface area contributed by atoms with Crippen LogP contribution in [0, 0.1) is 13.8 Å². The highest BCUT2D eigenvalue weighted by Crippen LogP contribution is 2.33. The number of fused-ring (bicyclic) bond motifs is 1. The van der Waals surface area contributed by atoms with Gasteiger partial charge in [0.25, 0.3) is 5.91 Å². The second kappa shape index (κ2) is 7.24. The normalized spacial score (nSPS) is 11.0. The van der Waals surface area contributed by atoms with E-state index in [0.29, 0.717) is 11.7 Å². The van der Waals surface area contributed by atoms with Crippen molar-refractivity contribution in [3.63, 3.8) is 0 Å². The Hall–Kier alpha value is -3.13. The molecule has 0 aliphatic rings. The van der Waals surface area contributed by atoms with Gasteiger partial charge in [0.1, 0.15) is 19.2 Å². The van der Waals surface area contributed by atoms with Gasteiger partial charge in [-0.1, -0.05) is 23.5 Å². The van der Waals surface area contributed by atoms with Gasteiger partial charge >= 0.3 is 0 Å². The van der Waals surface area contributed by atoms with Crippen molar-refractivity contribution >= 4 is 32.6 Å². The summed E-state index contributed by atoms with van der Waals surface area (Å²) in [6.45, 7) is 4.63. The second-order valence-corrected chi connectivity index (χ2v) is 7.34. The lowest BCUT2D eigenvalue weighted by Crippen LogP contribution is -2.33. The molecule has 3 aromatic heterocycles. The molecule has 0 saturated carbocycles. The first kappa shape index (κ1) is 17.3. The van der Waals surface area contributed by atoms with Crippen LogP contribution in [0.1, 0.15) is 16.7 Å². The molecular weight excluding hydrogens is 360 g/mol. The number of amides is 1. The van der Waals surface area contributed by atoms with E-state index in [1.807, 2.05) is 18.2 Å². The van der Waals surface area contributed by atoms with Crippen LogP contribution in [-0.4, -0.2) is 30.6 Å². The zero-order valence-corrected chi connectivity index (χ0v) is 15.8. The summed E-state index contributed by atoms with van der Waals surface area (Å²) in [6, 6.07) is 7.99. The standard InChI is InChI=1S/C19H18N6OS/c1-13-6-14(2)18-16(7-13)23-19(27-18)25(9-15-4-3-5-20-8-15)17(26)10-24-12-21-11-22-24/h3-8,11-12H,9-10H2,1-2H3. The maximum atomic E-state index is 13.0. The maximum absolute atomic E-state index is 13.0. The largest absolute Gasteiger partial charge is 0.282 e. The molecule has 8 heteroatoms. The highest BCUT2D eigenvalue weighted by molar-refractivity contribution is 7.22. The van der Waals surface area contributed by atoms with E-state index < -0.39 is 0 Å². The van der Waals surface area contributed by atoms with E-state index in [-0.39, 0.29) is 12.5 Å². The quantitative estimate of drug-likeness (QED) is 0.533. The number of benzene rings is 1. The van der Waals surface area contributed by atoms with Gasteiger partial charge < -0.3 is 0 Å². The van der Waals surface area contributed by atoms with Crippen LogP contribution in [0.2, 0.25) is 0 Å². The molecule has 4 rings (SSSR count). The van der Waals surface area contributed by atoms with Crippen LogP contribution in [0.15, 0.2) is 49.3 Å². The molecule has 4 aromatic rings. The zero-order chi connectivity index (χ0) is 18.8. The first-order valence-corrected chi connectivity index (χ1v) is 9.31. The van der Waals surface area contributed by atoms with Crippen LogP contribution >= 0.6 is 11.3 Å². The molecule has 0 unspecified atom stereocenters. The van der Waals surface area contributed by atoms with E-state index >= 15 is 0 Å². The third kappa shape index (κ3) is 3.70. The van der Waals surface area contributed by atoms with Gasteiger partial charge in [-0.25, -0.2) is 14.6 Å². The van der Waals surface area contributed by atoms with Crippen molar-refractivity contribution in [2.75, 3.05) is 4.90 Å². The van der Waals surface area contributed by atoms with Crippen LogP contribution in [0.3, 0.4) is 0 Å². The summed E-state index contributed by atoms with van der Waals surface area (Å²) in [5.74, 6) is -0.0993. The lowest BCUT2D eigenvalue weighted by molar-refractivity contribution is -0.119. The molecule has 0 fully saturated rings. The van der Waals surface area contributed by atoms with Gasteiger partial charge in [0.05, 0.1) is 16.8 Å². The molecule has 1 aromatic carbocycles. The van der Waals surface area contributed by atoms with Crippen molar-refractivity contribution in [2.24, 2.45) is 0 Å². The van der Waals surface area contributed by atoms with Gasteiger partial charge in [-0.3, -0.25) is 14.7 Å². The van der Waals surface area contributed by atoms with Gasteiger partial charge in [0.2, 0.25) is 0 Å². The molecule has 0 N–H and O–H groups in total. The lowest BCUT2D eigenvalue weighted by atomic mass is 10.1. The van der Waals surface area contributed by atoms with Crippen LogP contribution < -0.4 is 4.90 Å². The van der Waals surface area contributed by atoms with Crippen molar-refractivity contribution in [1.82, 2.24) is 24.7 Å². The van der Waals surface area contributed by atoms with Crippen LogP contribution in [0.5, 0.6) is 0 Å². The minimum atomic E-state index is -0.0993. The number of carbonyl (C=O) groups is 1.